The Hall–Kier alpha value is -0.530. The Morgan fingerprint density at radius 1 is 1.54 bits per heavy atom. The first-order valence-electron chi connectivity index (χ1n) is 2.88. The number of hydrogen-bond donors (Lipinski definition) is 2. The van der Waals surface area contributed by atoms with E-state index in [1.54, 1.807) is 0 Å². The molecular formula is C5H9ClF3NO3. The summed E-state index contributed by atoms with van der Waals surface area (Å²) in [5.74, 6) is -1.75. The summed E-state index contributed by atoms with van der Waals surface area (Å²) in [6.45, 7) is 0. The minimum atomic E-state index is -4.76. The monoisotopic (exact) mass is 223 g/mol. The number of ether oxygens (including phenoxy) is 1. The molecule has 2 atom stereocenters. The van der Waals surface area contributed by atoms with E-state index in [1.165, 1.54) is 0 Å². The van der Waals surface area contributed by atoms with Gasteiger partial charge >= 0.3 is 12.1 Å². The maximum absolute atomic E-state index is 11.9. The third-order valence-electron chi connectivity index (χ3n) is 1.19. The Morgan fingerprint density at radius 2 is 1.92 bits per heavy atom. The fourth-order valence-corrected chi connectivity index (χ4v) is 0.613. The highest BCUT2D eigenvalue weighted by Crippen LogP contribution is 2.24. The Kier molecular flexibility index (Phi) is 6.05. The van der Waals surface area contributed by atoms with E-state index in [1.807, 2.05) is 0 Å². The highest BCUT2D eigenvalue weighted by Gasteiger charge is 2.46. The molecule has 0 aromatic rings. The first kappa shape index (κ1) is 15.0. The van der Waals surface area contributed by atoms with E-state index in [-0.39, 0.29) is 12.4 Å². The Balaban J connectivity index is 0. The molecule has 0 aromatic heterocycles. The molecule has 2 unspecified atom stereocenters. The van der Waals surface area contributed by atoms with Gasteiger partial charge in [0, 0.05) is 7.11 Å². The third-order valence-corrected chi connectivity index (χ3v) is 1.19. The summed E-state index contributed by atoms with van der Waals surface area (Å²) in [5.41, 5.74) is 4.71. The van der Waals surface area contributed by atoms with Crippen LogP contribution in [0.4, 0.5) is 13.2 Å². The zero-order chi connectivity index (χ0) is 9.94. The summed E-state index contributed by atoms with van der Waals surface area (Å²) < 4.78 is 39.5. The topological polar surface area (TPSA) is 72.5 Å². The van der Waals surface area contributed by atoms with Gasteiger partial charge < -0.3 is 15.6 Å². The molecule has 0 aliphatic heterocycles. The molecule has 0 aliphatic rings. The predicted octanol–water partition coefficient (Wildman–Crippen LogP) is 0.397. The molecule has 0 spiro atoms. The molecule has 80 valence electrons. The van der Waals surface area contributed by atoms with Gasteiger partial charge in [-0.25, -0.2) is 0 Å². The van der Waals surface area contributed by atoms with Crippen molar-refractivity contribution >= 4 is 18.4 Å². The summed E-state index contributed by atoms with van der Waals surface area (Å²) >= 11 is 0. The van der Waals surface area contributed by atoms with E-state index in [0.717, 1.165) is 7.11 Å². The van der Waals surface area contributed by atoms with Crippen LogP contribution in [-0.2, 0) is 9.53 Å². The van der Waals surface area contributed by atoms with Gasteiger partial charge in [0.25, 0.3) is 0 Å². The molecule has 0 aliphatic carbocycles. The van der Waals surface area contributed by atoms with Gasteiger partial charge in [0.05, 0.1) is 0 Å². The Morgan fingerprint density at radius 3 is 2.00 bits per heavy atom. The first-order chi connectivity index (χ1) is 5.30. The number of hydrogen-bond acceptors (Lipinski definition) is 3. The van der Waals surface area contributed by atoms with Gasteiger partial charge in [-0.15, -0.1) is 12.4 Å². The van der Waals surface area contributed by atoms with Crippen LogP contribution in [0.2, 0.25) is 0 Å². The number of carbonyl (C=O) groups is 1. The lowest BCUT2D eigenvalue weighted by molar-refractivity contribution is -0.221. The van der Waals surface area contributed by atoms with Crippen molar-refractivity contribution in [1.82, 2.24) is 0 Å². The number of rotatable bonds is 3. The van der Waals surface area contributed by atoms with Gasteiger partial charge in [0.2, 0.25) is 0 Å². The molecule has 8 heteroatoms. The Labute approximate surface area is 78.3 Å². The lowest BCUT2D eigenvalue weighted by Gasteiger charge is -2.21. The second-order valence-electron chi connectivity index (χ2n) is 2.06. The SMILES string of the molecule is COC(C(N)C(=O)O)C(F)(F)F.Cl. The van der Waals surface area contributed by atoms with Crippen molar-refractivity contribution in [3.8, 4) is 0 Å². The standard InChI is InChI=1S/C5H8F3NO3.ClH/c1-12-3(5(6,7)8)2(9)4(10)11;/h2-3H,9H2,1H3,(H,10,11);1H. The third kappa shape index (κ3) is 4.30. The van der Waals surface area contributed by atoms with E-state index >= 15 is 0 Å². The Bertz CT molecular complexity index is 175. The number of alkyl halides is 3. The summed E-state index contributed by atoms with van der Waals surface area (Å²) in [7, 11) is 0.751. The smallest absolute Gasteiger partial charge is 0.416 e. The molecule has 0 radical (unpaired) electrons. The summed E-state index contributed by atoms with van der Waals surface area (Å²) in [5, 5.41) is 8.14. The molecule has 0 saturated carbocycles. The van der Waals surface area contributed by atoms with Crippen molar-refractivity contribution in [2.75, 3.05) is 7.11 Å². The number of methoxy groups -OCH3 is 1. The number of carboxylic acids is 1. The van der Waals surface area contributed by atoms with Gasteiger partial charge in [-0.05, 0) is 0 Å². The van der Waals surface area contributed by atoms with Gasteiger partial charge in [0.15, 0.2) is 6.10 Å². The number of aliphatic carboxylic acids is 1. The quantitative estimate of drug-likeness (QED) is 0.726. The maximum atomic E-state index is 11.9. The zero-order valence-electron chi connectivity index (χ0n) is 6.54. The lowest BCUT2D eigenvalue weighted by Crippen LogP contribution is -2.50. The fourth-order valence-electron chi connectivity index (χ4n) is 0.613. The van der Waals surface area contributed by atoms with Crippen LogP contribution >= 0.6 is 12.4 Å². The van der Waals surface area contributed by atoms with Crippen molar-refractivity contribution in [2.24, 2.45) is 5.73 Å². The summed E-state index contributed by atoms with van der Waals surface area (Å²) in [6, 6.07) is -2.09. The van der Waals surface area contributed by atoms with Crippen LogP contribution < -0.4 is 5.73 Å². The van der Waals surface area contributed by atoms with Crippen LogP contribution in [0.15, 0.2) is 0 Å². The fraction of sp³-hybridized carbons (Fsp3) is 0.800. The largest absolute Gasteiger partial charge is 0.480 e. The minimum absolute atomic E-state index is 0. The van der Waals surface area contributed by atoms with Crippen LogP contribution in [-0.4, -0.2) is 36.5 Å². The highest BCUT2D eigenvalue weighted by molar-refractivity contribution is 5.85. The highest BCUT2D eigenvalue weighted by atomic mass is 35.5. The molecule has 0 saturated heterocycles. The van der Waals surface area contributed by atoms with Crippen LogP contribution in [0, 0.1) is 0 Å². The van der Waals surface area contributed by atoms with E-state index < -0.39 is 24.3 Å². The molecule has 0 heterocycles. The van der Waals surface area contributed by atoms with Gasteiger partial charge in [-0.2, -0.15) is 13.2 Å². The van der Waals surface area contributed by atoms with E-state index in [9.17, 15) is 18.0 Å². The molecule has 0 amide bonds. The van der Waals surface area contributed by atoms with Crippen LogP contribution in [0.3, 0.4) is 0 Å². The van der Waals surface area contributed by atoms with Crippen LogP contribution in [0.5, 0.6) is 0 Å². The van der Waals surface area contributed by atoms with Crippen LogP contribution in [0.1, 0.15) is 0 Å². The summed E-state index contributed by atoms with van der Waals surface area (Å²) in [4.78, 5) is 10.0. The second kappa shape index (κ2) is 5.25. The van der Waals surface area contributed by atoms with Crippen molar-refractivity contribution in [3.63, 3.8) is 0 Å². The van der Waals surface area contributed by atoms with Crippen molar-refractivity contribution in [1.29, 1.82) is 0 Å². The number of carboxylic acid groups (broad SMARTS) is 1. The molecular weight excluding hydrogens is 215 g/mol. The van der Waals surface area contributed by atoms with E-state index in [0.29, 0.717) is 0 Å². The van der Waals surface area contributed by atoms with Crippen LogP contribution in [0.25, 0.3) is 0 Å². The molecule has 0 rings (SSSR count). The van der Waals surface area contributed by atoms with Gasteiger partial charge in [-0.3, -0.25) is 4.79 Å². The molecule has 0 aromatic carbocycles. The molecule has 0 fully saturated rings. The normalized spacial score (nSPS) is 15.8. The predicted molar refractivity (Wildman–Crippen MR) is 39.7 cm³/mol. The molecule has 13 heavy (non-hydrogen) atoms. The zero-order valence-corrected chi connectivity index (χ0v) is 7.35. The molecule has 4 nitrogen and oxygen atoms in total. The van der Waals surface area contributed by atoms with Gasteiger partial charge in [0.1, 0.15) is 6.04 Å². The minimum Gasteiger partial charge on any atom is -0.480 e. The number of nitrogens with two attached hydrogens (primary N) is 1. The average Bonchev–Trinajstić information content (AvgIpc) is 1.85. The molecule has 3 N–H and O–H groups in total. The number of halogens is 4. The van der Waals surface area contributed by atoms with Crippen molar-refractivity contribution < 1.29 is 27.8 Å². The van der Waals surface area contributed by atoms with Gasteiger partial charge in [-0.1, -0.05) is 0 Å². The van der Waals surface area contributed by atoms with E-state index in [2.05, 4.69) is 4.74 Å². The molecule has 0 bridgehead atoms. The first-order valence-corrected chi connectivity index (χ1v) is 2.88. The van der Waals surface area contributed by atoms with E-state index in [4.69, 9.17) is 10.8 Å². The average molecular weight is 224 g/mol. The van der Waals surface area contributed by atoms with Crippen molar-refractivity contribution in [2.45, 2.75) is 18.3 Å². The second-order valence-corrected chi connectivity index (χ2v) is 2.06. The maximum Gasteiger partial charge on any atom is 0.416 e. The van der Waals surface area contributed by atoms with Crippen molar-refractivity contribution in [3.05, 3.63) is 0 Å². The lowest BCUT2D eigenvalue weighted by atomic mass is 10.1. The summed E-state index contributed by atoms with van der Waals surface area (Å²) in [6.07, 6.45) is -7.22.